The molecule has 2 aliphatic rings. The third-order valence-electron chi connectivity index (χ3n) is 10.4. The number of hydrogen-bond acceptors (Lipinski definition) is 10. The van der Waals surface area contributed by atoms with Gasteiger partial charge in [0.1, 0.15) is 40.8 Å². The topological polar surface area (TPSA) is 182 Å². The largest absolute Gasteiger partial charge is 0.497 e. The van der Waals surface area contributed by atoms with Crippen LogP contribution in [-0.2, 0) is 29.1 Å². The molecular formula is C44H50ClN5O9S. The Balaban J connectivity index is 1.35. The summed E-state index contributed by atoms with van der Waals surface area (Å²) in [5.74, 6) is -1.87. The number of likely N-dealkylation sites (tertiary alicyclic amines) is 1. The van der Waals surface area contributed by atoms with Gasteiger partial charge in [0.05, 0.1) is 29.8 Å². The molecule has 0 unspecified atom stereocenters. The average Bonchev–Trinajstić information content (AvgIpc) is 3.74. The van der Waals surface area contributed by atoms with Crippen LogP contribution in [0.5, 0.6) is 11.5 Å². The molecule has 2 heterocycles. The molecule has 3 N–H and O–H groups in total. The monoisotopic (exact) mass is 859 g/mol. The second kappa shape index (κ2) is 16.8. The van der Waals surface area contributed by atoms with Crippen LogP contribution in [0.25, 0.3) is 22.2 Å². The van der Waals surface area contributed by atoms with Crippen molar-refractivity contribution in [3.05, 3.63) is 96.5 Å². The molecule has 16 heteroatoms. The van der Waals surface area contributed by atoms with Crippen LogP contribution in [0.15, 0.2) is 96.4 Å². The molecule has 4 amide bonds. The molecule has 318 valence electrons. The molecule has 4 aromatic rings. The number of benzene rings is 3. The van der Waals surface area contributed by atoms with Gasteiger partial charge in [-0.15, -0.1) is 6.58 Å². The Hall–Kier alpha value is -5.67. The molecule has 0 bridgehead atoms. The minimum atomic E-state index is -4.37. The van der Waals surface area contributed by atoms with Gasteiger partial charge in [-0.1, -0.05) is 68.8 Å². The molecule has 0 spiro atoms. The number of carbonyl (C=O) groups excluding carboxylic acids is 4. The number of nitrogens with zero attached hydrogens (tertiary/aromatic N) is 2. The molecule has 0 radical (unpaired) electrons. The minimum absolute atomic E-state index is 0.0267. The van der Waals surface area contributed by atoms with Gasteiger partial charge in [-0.05, 0) is 69.0 Å². The lowest BCUT2D eigenvalue weighted by Crippen LogP contribution is -2.60. The van der Waals surface area contributed by atoms with Crippen molar-refractivity contribution in [3.8, 4) is 22.8 Å². The van der Waals surface area contributed by atoms with E-state index in [-0.39, 0.29) is 24.3 Å². The molecule has 1 aliphatic carbocycles. The van der Waals surface area contributed by atoms with Crippen LogP contribution in [0, 0.1) is 11.3 Å². The number of aromatic nitrogens is 1. The van der Waals surface area contributed by atoms with Gasteiger partial charge in [0, 0.05) is 40.4 Å². The number of nitrogens with one attached hydrogen (secondary N) is 3. The van der Waals surface area contributed by atoms with Crippen LogP contribution in [0.4, 0.5) is 4.79 Å². The molecule has 1 aromatic heterocycles. The van der Waals surface area contributed by atoms with E-state index in [1.807, 2.05) is 36.4 Å². The first-order valence-electron chi connectivity index (χ1n) is 19.4. The Labute approximate surface area is 355 Å². The van der Waals surface area contributed by atoms with Crippen LogP contribution in [0.3, 0.4) is 0 Å². The van der Waals surface area contributed by atoms with Gasteiger partial charge in [0.2, 0.25) is 11.8 Å². The fourth-order valence-corrected chi connectivity index (χ4v) is 8.34. The summed E-state index contributed by atoms with van der Waals surface area (Å²) in [6.07, 6.45) is -0.0920. The Morgan fingerprint density at radius 1 is 0.983 bits per heavy atom. The number of alkyl carbamates (subject to hydrolysis) is 1. The number of pyridine rings is 1. The number of amides is 4. The van der Waals surface area contributed by atoms with E-state index in [0.29, 0.717) is 33.1 Å². The number of ether oxygens (including phenoxy) is 3. The number of hydrogen-bond donors (Lipinski definition) is 3. The summed E-state index contributed by atoms with van der Waals surface area (Å²) in [7, 11) is -2.81. The molecule has 14 nitrogen and oxygen atoms in total. The van der Waals surface area contributed by atoms with Crippen LogP contribution >= 0.6 is 11.6 Å². The molecular weight excluding hydrogens is 810 g/mol. The van der Waals surface area contributed by atoms with Gasteiger partial charge >= 0.3 is 6.09 Å². The zero-order chi connectivity index (χ0) is 43.8. The molecule has 1 saturated carbocycles. The highest BCUT2D eigenvalue weighted by Gasteiger charge is 2.61. The van der Waals surface area contributed by atoms with Gasteiger partial charge in [-0.2, -0.15) is 0 Å². The molecule has 3 aromatic carbocycles. The average molecular weight is 860 g/mol. The highest BCUT2D eigenvalue weighted by atomic mass is 35.5. The SMILES string of the molecule is C=C[C@@H]1C[C@]1(NC(=O)[C@@H]1C[C@@H](Oc2cc(-c3ccccc3)nc3cc(OC)ccc23)CN1C(=O)[C@@H](NC(=O)OC(C)(C)C)C(C)(C)C)C(=O)NS(=O)(=O)c1ccc(Cl)cc1. The van der Waals surface area contributed by atoms with Gasteiger partial charge in [-0.3, -0.25) is 14.4 Å². The maximum Gasteiger partial charge on any atom is 0.408 e. The summed E-state index contributed by atoms with van der Waals surface area (Å²) in [4.78, 5) is 62.3. The Morgan fingerprint density at radius 2 is 1.67 bits per heavy atom. The predicted octanol–water partition coefficient (Wildman–Crippen LogP) is 6.42. The molecule has 1 saturated heterocycles. The highest BCUT2D eigenvalue weighted by molar-refractivity contribution is 7.90. The van der Waals surface area contributed by atoms with E-state index < -0.39 is 74.5 Å². The predicted molar refractivity (Wildman–Crippen MR) is 227 cm³/mol. The first-order chi connectivity index (χ1) is 28.1. The lowest BCUT2D eigenvalue weighted by molar-refractivity contribution is -0.143. The fraction of sp³-hybridized carbons (Fsp3) is 0.386. The van der Waals surface area contributed by atoms with E-state index in [9.17, 15) is 27.6 Å². The van der Waals surface area contributed by atoms with Crippen molar-refractivity contribution in [2.45, 2.75) is 88.6 Å². The smallest absolute Gasteiger partial charge is 0.408 e. The van der Waals surface area contributed by atoms with Crippen LogP contribution < -0.4 is 24.8 Å². The standard InChI is InChI=1S/C44H50ClN5O9S/c1-9-27-24-44(27,40(53)49-60(55,56)31-18-15-28(45)16-19-31)48-38(51)35-22-30(25-50(35)39(52)37(42(2,3)4)47-41(54)59-43(5,6)7)58-36-23-33(26-13-11-10-12-14-26)46-34-21-29(57-8)17-20-32(34)36/h9-21,23,27,30,35,37H,1,22,24-25H2,2-8H3,(H,47,54)(H,48,51)(H,49,53)/t27-,30-,35+,37-,44-/m1/s1. The molecule has 6 rings (SSSR count). The number of rotatable bonds is 12. The summed E-state index contributed by atoms with van der Waals surface area (Å²) in [5, 5.41) is 6.47. The third-order valence-corrected chi connectivity index (χ3v) is 12.0. The summed E-state index contributed by atoms with van der Waals surface area (Å²) < 4.78 is 46.3. The van der Waals surface area contributed by atoms with Gasteiger partial charge in [-0.25, -0.2) is 22.9 Å². The molecule has 60 heavy (non-hydrogen) atoms. The van der Waals surface area contributed by atoms with Crippen molar-refractivity contribution in [3.63, 3.8) is 0 Å². The number of fused-ring (bicyclic) bond motifs is 1. The van der Waals surface area contributed by atoms with Crippen LogP contribution in [-0.4, -0.2) is 85.1 Å². The number of methoxy groups -OCH3 is 1. The summed E-state index contributed by atoms with van der Waals surface area (Å²) in [6.45, 7) is 14.1. The van der Waals surface area contributed by atoms with Crippen molar-refractivity contribution in [1.29, 1.82) is 0 Å². The number of carbonyl (C=O) groups is 4. The van der Waals surface area contributed by atoms with Crippen LogP contribution in [0.1, 0.15) is 54.4 Å². The zero-order valence-corrected chi connectivity index (χ0v) is 36.1. The van der Waals surface area contributed by atoms with E-state index >= 15 is 0 Å². The maximum atomic E-state index is 14.7. The number of sulfonamides is 1. The van der Waals surface area contributed by atoms with E-state index in [1.54, 1.807) is 66.9 Å². The lowest BCUT2D eigenvalue weighted by Gasteiger charge is -2.36. The van der Waals surface area contributed by atoms with E-state index in [2.05, 4.69) is 21.9 Å². The molecule has 2 fully saturated rings. The molecule has 1 aliphatic heterocycles. The van der Waals surface area contributed by atoms with Gasteiger partial charge in [0.15, 0.2) is 0 Å². The van der Waals surface area contributed by atoms with E-state index in [4.69, 9.17) is 30.8 Å². The van der Waals surface area contributed by atoms with E-state index in [1.165, 1.54) is 35.2 Å². The van der Waals surface area contributed by atoms with Crippen molar-refractivity contribution >= 4 is 56.3 Å². The maximum absolute atomic E-state index is 14.7. The van der Waals surface area contributed by atoms with Crippen molar-refractivity contribution in [2.75, 3.05) is 13.7 Å². The first-order valence-corrected chi connectivity index (χ1v) is 21.3. The lowest BCUT2D eigenvalue weighted by atomic mass is 9.85. The Morgan fingerprint density at radius 3 is 2.27 bits per heavy atom. The van der Waals surface area contributed by atoms with Gasteiger partial charge < -0.3 is 29.7 Å². The first kappa shape index (κ1) is 43.9. The van der Waals surface area contributed by atoms with E-state index in [0.717, 1.165) is 5.56 Å². The van der Waals surface area contributed by atoms with Crippen molar-refractivity contribution < 1.29 is 41.8 Å². The number of halogens is 1. The quantitative estimate of drug-likeness (QED) is 0.135. The van der Waals surface area contributed by atoms with Crippen LogP contribution in [0.2, 0.25) is 5.02 Å². The minimum Gasteiger partial charge on any atom is -0.497 e. The van der Waals surface area contributed by atoms with Crippen molar-refractivity contribution in [1.82, 2.24) is 25.2 Å². The van der Waals surface area contributed by atoms with Gasteiger partial charge in [0.25, 0.3) is 15.9 Å². The second-order valence-electron chi connectivity index (χ2n) is 17.1. The fourth-order valence-electron chi connectivity index (χ4n) is 7.17. The summed E-state index contributed by atoms with van der Waals surface area (Å²) in [5.41, 5.74) is -1.37. The highest BCUT2D eigenvalue weighted by Crippen LogP contribution is 2.45. The zero-order valence-electron chi connectivity index (χ0n) is 34.6. The molecule has 5 atom stereocenters. The Kier molecular flexibility index (Phi) is 12.3. The van der Waals surface area contributed by atoms with Crippen molar-refractivity contribution in [2.24, 2.45) is 11.3 Å². The summed E-state index contributed by atoms with van der Waals surface area (Å²) in [6, 6.07) is 19.6. The summed E-state index contributed by atoms with van der Waals surface area (Å²) >= 11 is 5.95. The second-order valence-corrected chi connectivity index (χ2v) is 19.2. The third kappa shape index (κ3) is 9.68. The normalized spacial score (nSPS) is 20.7. The Bertz CT molecular complexity index is 2420.